The van der Waals surface area contributed by atoms with E-state index < -0.39 is 35.5 Å². The summed E-state index contributed by atoms with van der Waals surface area (Å²) < 4.78 is 15.6. The van der Waals surface area contributed by atoms with Gasteiger partial charge >= 0.3 is 0 Å². The third-order valence-corrected chi connectivity index (χ3v) is 7.33. The van der Waals surface area contributed by atoms with Crippen LogP contribution < -0.4 is 20.7 Å². The molecule has 10 heteroatoms. The SMILES string of the molecule is COc1ccc(C[C@H](NC(=O)[C@@H](C)NC(=O)C2COC2)C(=O)N[C@@H](CC2=CCCC2)C(=O)[C@]2(C)CO2)cc1. The lowest BCUT2D eigenvalue weighted by molar-refractivity contribution is -0.142. The van der Waals surface area contributed by atoms with E-state index >= 15 is 0 Å². The summed E-state index contributed by atoms with van der Waals surface area (Å²) >= 11 is 0. The van der Waals surface area contributed by atoms with Crippen LogP contribution in [0, 0.1) is 5.92 Å². The summed E-state index contributed by atoms with van der Waals surface area (Å²) in [7, 11) is 1.57. The Bertz CT molecular complexity index is 1080. The van der Waals surface area contributed by atoms with Crippen LogP contribution in [0.2, 0.25) is 0 Å². The second-order valence-electron chi connectivity index (χ2n) is 10.5. The molecule has 0 bridgehead atoms. The van der Waals surface area contributed by atoms with Crippen LogP contribution in [0.4, 0.5) is 0 Å². The number of amides is 3. The minimum absolute atomic E-state index is 0.170. The molecule has 2 fully saturated rings. The van der Waals surface area contributed by atoms with E-state index in [9.17, 15) is 19.2 Å². The molecule has 3 amide bonds. The standard InChI is InChI=1S/C28H37N3O7/c1-17(29-26(34)20-14-37-15-20)25(33)31-23(13-19-8-10-21(36-3)11-9-19)27(35)30-22(12-18-6-4-5-7-18)24(32)28(2)16-38-28/h6,8-11,17,20,22-23H,4-5,7,12-16H2,1-3H3,(H,29,34)(H,30,35)(H,31,33)/t17-,22+,23+,28+/m1/s1. The lowest BCUT2D eigenvalue weighted by Crippen LogP contribution is -2.57. The maximum Gasteiger partial charge on any atom is 0.243 e. The number of nitrogens with one attached hydrogen (secondary N) is 3. The number of carbonyl (C=O) groups is 4. The largest absolute Gasteiger partial charge is 0.497 e. The van der Waals surface area contributed by atoms with Gasteiger partial charge in [0.05, 0.1) is 38.9 Å². The smallest absolute Gasteiger partial charge is 0.243 e. The Morgan fingerprint density at radius 2 is 1.71 bits per heavy atom. The monoisotopic (exact) mass is 527 g/mol. The molecule has 2 heterocycles. The highest BCUT2D eigenvalue weighted by molar-refractivity contribution is 5.98. The second-order valence-corrected chi connectivity index (χ2v) is 10.5. The molecule has 3 N–H and O–H groups in total. The number of ether oxygens (including phenoxy) is 3. The summed E-state index contributed by atoms with van der Waals surface area (Å²) in [6.45, 7) is 4.28. The van der Waals surface area contributed by atoms with Crippen molar-refractivity contribution in [2.45, 2.75) is 69.7 Å². The van der Waals surface area contributed by atoms with Gasteiger partial charge in [0.1, 0.15) is 23.4 Å². The average molecular weight is 528 g/mol. The fourth-order valence-corrected chi connectivity index (χ4v) is 4.57. The van der Waals surface area contributed by atoms with Crippen molar-refractivity contribution in [1.29, 1.82) is 0 Å². The molecule has 1 aliphatic carbocycles. The fourth-order valence-electron chi connectivity index (χ4n) is 4.57. The van der Waals surface area contributed by atoms with Crippen molar-refractivity contribution in [1.82, 2.24) is 16.0 Å². The number of Topliss-reactive ketones (excluding diaryl/α,β-unsaturated/α-hetero) is 1. The molecule has 2 saturated heterocycles. The van der Waals surface area contributed by atoms with Crippen LogP contribution in [0.1, 0.15) is 45.1 Å². The van der Waals surface area contributed by atoms with Gasteiger partial charge in [0.2, 0.25) is 17.7 Å². The van der Waals surface area contributed by atoms with E-state index in [1.807, 2.05) is 12.1 Å². The summed E-state index contributed by atoms with van der Waals surface area (Å²) in [6.07, 6.45) is 5.62. The van der Waals surface area contributed by atoms with Crippen LogP contribution in [0.3, 0.4) is 0 Å². The molecule has 38 heavy (non-hydrogen) atoms. The zero-order chi connectivity index (χ0) is 27.3. The van der Waals surface area contributed by atoms with Crippen molar-refractivity contribution >= 4 is 23.5 Å². The quantitative estimate of drug-likeness (QED) is 0.259. The summed E-state index contributed by atoms with van der Waals surface area (Å²) in [4.78, 5) is 52.1. The number of hydrogen-bond acceptors (Lipinski definition) is 7. The summed E-state index contributed by atoms with van der Waals surface area (Å²) in [5.74, 6) is -0.998. The summed E-state index contributed by atoms with van der Waals surface area (Å²) in [5, 5.41) is 8.37. The molecule has 0 unspecified atom stereocenters. The number of ketones is 1. The molecule has 0 aromatic heterocycles. The Morgan fingerprint density at radius 3 is 2.26 bits per heavy atom. The minimum atomic E-state index is -0.969. The van der Waals surface area contributed by atoms with Crippen LogP contribution in [0.25, 0.3) is 0 Å². The Kier molecular flexibility index (Phi) is 8.83. The minimum Gasteiger partial charge on any atom is -0.497 e. The lowest BCUT2D eigenvalue weighted by atomic mass is 9.94. The second kappa shape index (κ2) is 12.1. The highest BCUT2D eigenvalue weighted by Crippen LogP contribution is 2.31. The molecule has 1 aromatic rings. The zero-order valence-corrected chi connectivity index (χ0v) is 22.2. The summed E-state index contributed by atoms with van der Waals surface area (Å²) in [5.41, 5.74) is 1.05. The third kappa shape index (κ3) is 6.99. The number of rotatable bonds is 13. The molecule has 3 aliphatic rings. The van der Waals surface area contributed by atoms with Gasteiger partial charge in [0, 0.05) is 6.42 Å². The van der Waals surface area contributed by atoms with Crippen LogP contribution in [0.15, 0.2) is 35.9 Å². The van der Waals surface area contributed by atoms with Gasteiger partial charge in [-0.15, -0.1) is 0 Å². The molecule has 10 nitrogen and oxygen atoms in total. The van der Waals surface area contributed by atoms with E-state index in [2.05, 4.69) is 22.0 Å². The van der Waals surface area contributed by atoms with E-state index in [0.29, 0.717) is 32.0 Å². The zero-order valence-electron chi connectivity index (χ0n) is 22.2. The van der Waals surface area contributed by atoms with Gasteiger partial charge in [-0.05, 0) is 57.2 Å². The van der Waals surface area contributed by atoms with Gasteiger partial charge in [-0.25, -0.2) is 0 Å². The molecule has 2 aliphatic heterocycles. The number of benzene rings is 1. The van der Waals surface area contributed by atoms with Gasteiger partial charge in [-0.1, -0.05) is 23.8 Å². The molecule has 0 spiro atoms. The Balaban J connectivity index is 1.48. The van der Waals surface area contributed by atoms with E-state index in [-0.39, 0.29) is 24.0 Å². The molecule has 1 aromatic carbocycles. The number of allylic oxidation sites excluding steroid dienone is 1. The van der Waals surface area contributed by atoms with Crippen LogP contribution in [-0.4, -0.2) is 74.2 Å². The number of hydrogen-bond donors (Lipinski definition) is 3. The Labute approximate surface area is 222 Å². The highest BCUT2D eigenvalue weighted by atomic mass is 16.6. The van der Waals surface area contributed by atoms with Gasteiger partial charge in [0.25, 0.3) is 0 Å². The molecule has 4 atom stereocenters. The van der Waals surface area contributed by atoms with Crippen LogP contribution in [0.5, 0.6) is 5.75 Å². The van der Waals surface area contributed by atoms with Crippen molar-refractivity contribution in [2.24, 2.45) is 5.92 Å². The van der Waals surface area contributed by atoms with Crippen molar-refractivity contribution in [3.8, 4) is 5.75 Å². The topological polar surface area (TPSA) is 135 Å². The van der Waals surface area contributed by atoms with Gasteiger partial charge < -0.3 is 30.2 Å². The van der Waals surface area contributed by atoms with Crippen LogP contribution >= 0.6 is 0 Å². The van der Waals surface area contributed by atoms with E-state index in [1.54, 1.807) is 33.1 Å². The maximum atomic E-state index is 13.6. The normalized spacial score (nSPS) is 22.8. The first-order chi connectivity index (χ1) is 18.2. The van der Waals surface area contributed by atoms with Crippen molar-refractivity contribution in [3.63, 3.8) is 0 Å². The Hall–Kier alpha value is -3.24. The first-order valence-electron chi connectivity index (χ1n) is 13.2. The summed E-state index contributed by atoms with van der Waals surface area (Å²) in [6, 6.07) is 4.61. The maximum absolute atomic E-state index is 13.6. The number of epoxide rings is 1. The third-order valence-electron chi connectivity index (χ3n) is 7.33. The van der Waals surface area contributed by atoms with Gasteiger partial charge in [-0.3, -0.25) is 19.2 Å². The molecule has 4 rings (SSSR count). The first-order valence-corrected chi connectivity index (χ1v) is 13.2. The number of methoxy groups -OCH3 is 1. The molecule has 206 valence electrons. The number of carbonyl (C=O) groups excluding carboxylic acids is 4. The van der Waals surface area contributed by atoms with Crippen molar-refractivity contribution < 1.29 is 33.4 Å². The highest BCUT2D eigenvalue weighted by Gasteiger charge is 2.50. The molecular weight excluding hydrogens is 490 g/mol. The van der Waals surface area contributed by atoms with E-state index in [0.717, 1.165) is 30.4 Å². The molecule has 0 radical (unpaired) electrons. The predicted molar refractivity (Wildman–Crippen MR) is 138 cm³/mol. The molecular formula is C28H37N3O7. The molecule has 0 saturated carbocycles. The van der Waals surface area contributed by atoms with Crippen molar-refractivity contribution in [2.75, 3.05) is 26.9 Å². The van der Waals surface area contributed by atoms with E-state index in [4.69, 9.17) is 14.2 Å². The predicted octanol–water partition coefficient (Wildman–Crippen LogP) is 1.22. The van der Waals surface area contributed by atoms with Gasteiger partial charge in [0.15, 0.2) is 5.78 Å². The first kappa shape index (κ1) is 27.8. The lowest BCUT2D eigenvalue weighted by Gasteiger charge is -2.27. The Morgan fingerprint density at radius 1 is 1.03 bits per heavy atom. The van der Waals surface area contributed by atoms with Crippen LogP contribution in [-0.2, 0) is 35.1 Å². The van der Waals surface area contributed by atoms with E-state index in [1.165, 1.54) is 0 Å². The fraction of sp³-hybridized carbons (Fsp3) is 0.571. The van der Waals surface area contributed by atoms with Gasteiger partial charge in [-0.2, -0.15) is 0 Å². The van der Waals surface area contributed by atoms with Crippen molar-refractivity contribution in [3.05, 3.63) is 41.5 Å². The average Bonchev–Trinajstić information content (AvgIpc) is 3.40.